The van der Waals surface area contributed by atoms with Crippen LogP contribution in [0.3, 0.4) is 0 Å². The summed E-state index contributed by atoms with van der Waals surface area (Å²) >= 11 is 1.80. The zero-order valence-electron chi connectivity index (χ0n) is 31.9. The van der Waals surface area contributed by atoms with Gasteiger partial charge in [-0.25, -0.2) is 0 Å². The van der Waals surface area contributed by atoms with Gasteiger partial charge in [0, 0.05) is 58.2 Å². The van der Waals surface area contributed by atoms with E-state index in [2.05, 4.69) is 184 Å². The smallest absolute Gasteiger partial charge is 0.101 e. The molecule has 0 unspecified atom stereocenters. The van der Waals surface area contributed by atoms with Crippen LogP contribution in [0.1, 0.15) is 11.1 Å². The van der Waals surface area contributed by atoms with E-state index in [1.165, 1.54) is 30.9 Å². The van der Waals surface area contributed by atoms with E-state index in [1.54, 1.807) is 11.3 Å². The molecule has 0 amide bonds. The van der Waals surface area contributed by atoms with E-state index in [-0.39, 0.29) is 0 Å². The molecule has 0 fully saturated rings. The van der Waals surface area contributed by atoms with Gasteiger partial charge in [-0.15, -0.1) is 11.3 Å². The van der Waals surface area contributed by atoms with Gasteiger partial charge < -0.3 is 13.7 Å². The van der Waals surface area contributed by atoms with E-state index in [0.29, 0.717) is 22.5 Å². The summed E-state index contributed by atoms with van der Waals surface area (Å²) < 4.78 is 9.15. The molecule has 0 aliphatic carbocycles. The third-order valence-electron chi connectivity index (χ3n) is 12.5. The fourth-order valence-electron chi connectivity index (χ4n) is 9.95. The van der Waals surface area contributed by atoms with Gasteiger partial charge in [0.1, 0.15) is 12.1 Å². The number of nitriles is 2. The number of fused-ring (bicyclic) bond motifs is 14. The molecule has 5 nitrogen and oxygen atoms in total. The molecule has 13 rings (SSSR count). The minimum Gasteiger partial charge on any atom is -0.309 e. The summed E-state index contributed by atoms with van der Waals surface area (Å²) in [4.78, 5) is 0. The molecule has 0 aliphatic rings. The number of benzene rings is 9. The average Bonchev–Trinajstić information content (AvgIpc) is 4.04. The third-order valence-corrected chi connectivity index (χ3v) is 13.6. The molecule has 0 saturated carbocycles. The molecule has 0 bridgehead atoms. The number of thiophene rings is 1. The fourth-order valence-corrected chi connectivity index (χ4v) is 11.1. The predicted octanol–water partition coefficient (Wildman–Crippen LogP) is 14.2. The van der Waals surface area contributed by atoms with Gasteiger partial charge in [-0.1, -0.05) is 103 Å². The van der Waals surface area contributed by atoms with Gasteiger partial charge in [0.05, 0.1) is 55.6 Å². The first kappa shape index (κ1) is 32.9. The second-order valence-corrected chi connectivity index (χ2v) is 16.6. The quantitative estimate of drug-likeness (QED) is 0.179. The van der Waals surface area contributed by atoms with Gasteiger partial charge in [-0.3, -0.25) is 0 Å². The third kappa shape index (κ3) is 4.38. The maximum Gasteiger partial charge on any atom is 0.101 e. The van der Waals surface area contributed by atoms with Crippen LogP contribution < -0.4 is 0 Å². The molecule has 4 heterocycles. The van der Waals surface area contributed by atoms with Crippen molar-refractivity contribution >= 4 is 108 Å². The molecule has 0 saturated heterocycles. The van der Waals surface area contributed by atoms with E-state index < -0.39 is 0 Å². The van der Waals surface area contributed by atoms with Crippen molar-refractivity contribution in [2.24, 2.45) is 0 Å². The van der Waals surface area contributed by atoms with Crippen LogP contribution in [0.2, 0.25) is 0 Å². The number of nitrogens with zero attached hydrogens (tertiary/aromatic N) is 5. The molecule has 0 aliphatic heterocycles. The summed E-state index contributed by atoms with van der Waals surface area (Å²) in [6.07, 6.45) is 0. The Morgan fingerprint density at radius 2 is 0.883 bits per heavy atom. The molecule has 0 spiro atoms. The van der Waals surface area contributed by atoms with E-state index >= 15 is 0 Å². The van der Waals surface area contributed by atoms with Gasteiger partial charge in [-0.2, -0.15) is 10.5 Å². The average molecular weight is 780 g/mol. The summed E-state index contributed by atoms with van der Waals surface area (Å²) in [5.41, 5.74) is 9.60. The number of aromatic nitrogens is 3. The van der Waals surface area contributed by atoms with Gasteiger partial charge in [0.25, 0.3) is 0 Å². The maximum atomic E-state index is 11.1. The Balaban J connectivity index is 1.12. The maximum absolute atomic E-state index is 11.1. The fraction of sp³-hybridized carbons (Fsp3) is 0. The van der Waals surface area contributed by atoms with Crippen molar-refractivity contribution in [3.63, 3.8) is 0 Å². The number of rotatable bonds is 3. The Kier molecular flexibility index (Phi) is 6.67. The van der Waals surface area contributed by atoms with Crippen LogP contribution in [0, 0.1) is 22.7 Å². The molecule has 13 aromatic rings. The first-order valence-electron chi connectivity index (χ1n) is 20.0. The highest BCUT2D eigenvalue weighted by molar-refractivity contribution is 7.25. The van der Waals surface area contributed by atoms with Crippen LogP contribution in [0.25, 0.3) is 113 Å². The van der Waals surface area contributed by atoms with Gasteiger partial charge in [0.15, 0.2) is 0 Å². The molecule has 6 heteroatoms. The molecule has 60 heavy (non-hydrogen) atoms. The van der Waals surface area contributed by atoms with Gasteiger partial charge in [-0.05, 0) is 83.6 Å². The first-order valence-corrected chi connectivity index (χ1v) is 20.8. The summed E-state index contributed by atoms with van der Waals surface area (Å²) in [6, 6.07) is 67.0. The molecule has 0 N–H and O–H groups in total. The molecule has 276 valence electrons. The highest BCUT2D eigenvalue weighted by atomic mass is 32.1. The monoisotopic (exact) mass is 779 g/mol. The molecule has 4 aromatic heterocycles. The van der Waals surface area contributed by atoms with Gasteiger partial charge >= 0.3 is 0 Å². The summed E-state index contributed by atoms with van der Waals surface area (Å²) in [7, 11) is 0. The lowest BCUT2D eigenvalue weighted by Gasteiger charge is -2.16. The van der Waals surface area contributed by atoms with Crippen LogP contribution in [0.15, 0.2) is 176 Å². The van der Waals surface area contributed by atoms with Crippen molar-refractivity contribution in [3.8, 4) is 29.2 Å². The lowest BCUT2D eigenvalue weighted by atomic mass is 10.0. The highest BCUT2D eigenvalue weighted by Crippen LogP contribution is 2.44. The Morgan fingerprint density at radius 3 is 1.58 bits per heavy atom. The Labute approximate surface area is 346 Å². The largest absolute Gasteiger partial charge is 0.309 e. The van der Waals surface area contributed by atoms with Gasteiger partial charge in [0.2, 0.25) is 0 Å². The van der Waals surface area contributed by atoms with E-state index in [4.69, 9.17) is 0 Å². The Hall–Kier alpha value is -8.16. The van der Waals surface area contributed by atoms with Crippen molar-refractivity contribution in [3.05, 3.63) is 187 Å². The van der Waals surface area contributed by atoms with Crippen molar-refractivity contribution in [2.45, 2.75) is 0 Å². The second kappa shape index (κ2) is 12.2. The van der Waals surface area contributed by atoms with Crippen molar-refractivity contribution in [1.82, 2.24) is 13.7 Å². The summed E-state index contributed by atoms with van der Waals surface area (Å²) in [5, 5.41) is 33.6. The normalized spacial score (nSPS) is 12.0. The van der Waals surface area contributed by atoms with Crippen molar-refractivity contribution in [1.29, 1.82) is 10.5 Å². The molecular formula is C54H29N5S. The summed E-state index contributed by atoms with van der Waals surface area (Å²) in [6.45, 7) is 0. The van der Waals surface area contributed by atoms with E-state index in [0.717, 1.165) is 71.1 Å². The molecule has 0 radical (unpaired) electrons. The molecule has 9 aromatic carbocycles. The minimum absolute atomic E-state index is 0.483. The summed E-state index contributed by atoms with van der Waals surface area (Å²) in [5.74, 6) is 0. The second-order valence-electron chi connectivity index (χ2n) is 15.5. The van der Waals surface area contributed by atoms with Crippen molar-refractivity contribution < 1.29 is 0 Å². The highest BCUT2D eigenvalue weighted by Gasteiger charge is 2.23. The lowest BCUT2D eigenvalue weighted by molar-refractivity contribution is 1.12. The van der Waals surface area contributed by atoms with Crippen LogP contribution in [-0.2, 0) is 0 Å². The molecule has 0 atom stereocenters. The SMILES string of the molecule is N#Cc1cc(-n2c3ccccc3c3c4ccccc4ccc32)c(C#N)cc1-n1c2ccc(-n3c4ccccc4c4ccccc43)cc2c2cc3sc4ccccc4c3cc21. The minimum atomic E-state index is 0.483. The zero-order valence-corrected chi connectivity index (χ0v) is 32.7. The Morgan fingerprint density at radius 1 is 0.350 bits per heavy atom. The van der Waals surface area contributed by atoms with E-state index in [1.807, 2.05) is 18.2 Å². The molecular weight excluding hydrogens is 751 g/mol. The van der Waals surface area contributed by atoms with E-state index in [9.17, 15) is 10.5 Å². The van der Waals surface area contributed by atoms with Crippen LogP contribution in [0.5, 0.6) is 0 Å². The first-order chi connectivity index (χ1) is 29.7. The van der Waals surface area contributed by atoms with Crippen LogP contribution in [0.4, 0.5) is 0 Å². The standard InChI is InChI=1S/C54H29N5S/c55-30-33-26-50(34(31-56)25-49(33)58-46-19-9-5-16-40(46)54-36-12-2-1-11-32(36)21-23-48(54)58)59-47-24-22-35(57-44-17-7-3-13-37(44)38-14-4-8-18-45(38)57)27-41(47)42-29-53-43(28-51(42)59)39-15-6-10-20-52(39)60-53/h1-29H. The van der Waals surface area contributed by atoms with Crippen LogP contribution in [-0.4, -0.2) is 13.7 Å². The number of hydrogen-bond donors (Lipinski definition) is 0. The topological polar surface area (TPSA) is 62.4 Å². The zero-order chi connectivity index (χ0) is 39.6. The predicted molar refractivity (Wildman–Crippen MR) is 249 cm³/mol. The van der Waals surface area contributed by atoms with Crippen LogP contribution >= 0.6 is 11.3 Å². The lowest BCUT2D eigenvalue weighted by Crippen LogP contribution is -2.04. The number of hydrogen-bond acceptors (Lipinski definition) is 3. The van der Waals surface area contributed by atoms with Crippen molar-refractivity contribution in [2.75, 3.05) is 0 Å². The number of para-hydroxylation sites is 3. The Bertz CT molecular complexity index is 4050.